The summed E-state index contributed by atoms with van der Waals surface area (Å²) in [6.07, 6.45) is 0. The van der Waals surface area contributed by atoms with Crippen LogP contribution in [0.25, 0.3) is 0 Å². The molecule has 0 unspecified atom stereocenters. The summed E-state index contributed by atoms with van der Waals surface area (Å²) >= 11 is 3.31. The first kappa shape index (κ1) is 14.6. The molecule has 6 heteroatoms. The molecule has 2 nitrogen and oxygen atoms in total. The molecule has 0 radical (unpaired) electrons. The van der Waals surface area contributed by atoms with Crippen molar-refractivity contribution in [1.29, 1.82) is 0 Å². The Morgan fingerprint density at radius 3 is 2.25 bits per heavy atom. The average molecular weight is 344 g/mol. The van der Waals surface area contributed by atoms with Crippen LogP contribution in [-0.4, -0.2) is 5.91 Å². The van der Waals surface area contributed by atoms with Gasteiger partial charge >= 0.3 is 0 Å². The van der Waals surface area contributed by atoms with E-state index in [1.807, 2.05) is 6.92 Å². The molecule has 0 aromatic heterocycles. The number of hydrogen-bond acceptors (Lipinski definition) is 1. The first-order chi connectivity index (χ1) is 9.38. The van der Waals surface area contributed by atoms with Crippen LogP contribution >= 0.6 is 15.9 Å². The van der Waals surface area contributed by atoms with Gasteiger partial charge in [0.25, 0.3) is 5.91 Å². The van der Waals surface area contributed by atoms with E-state index in [0.29, 0.717) is 17.8 Å². The lowest BCUT2D eigenvalue weighted by atomic mass is 10.1. The van der Waals surface area contributed by atoms with Gasteiger partial charge in [-0.25, -0.2) is 13.2 Å². The van der Waals surface area contributed by atoms with Crippen molar-refractivity contribution >= 4 is 27.5 Å². The molecule has 2 rings (SSSR count). The molecule has 0 bridgehead atoms. The zero-order valence-electron chi connectivity index (χ0n) is 10.3. The molecule has 20 heavy (non-hydrogen) atoms. The van der Waals surface area contributed by atoms with E-state index in [0.717, 1.165) is 10.0 Å². The Balaban J connectivity index is 2.26. The van der Waals surface area contributed by atoms with E-state index in [1.165, 1.54) is 0 Å². The number of rotatable bonds is 2. The molecule has 0 aliphatic rings. The van der Waals surface area contributed by atoms with E-state index in [2.05, 4.69) is 21.2 Å². The SMILES string of the molecule is Cc1cc(NC(=O)c2cc(F)c(F)c(F)c2)ccc1Br. The summed E-state index contributed by atoms with van der Waals surface area (Å²) in [5.74, 6) is -5.12. The molecule has 0 heterocycles. The fraction of sp³-hybridized carbons (Fsp3) is 0.0714. The Morgan fingerprint density at radius 2 is 1.70 bits per heavy atom. The van der Waals surface area contributed by atoms with Crippen LogP contribution in [0.4, 0.5) is 18.9 Å². The Bertz CT molecular complexity index is 665. The maximum atomic E-state index is 13.1. The molecular weight excluding hydrogens is 335 g/mol. The first-order valence-corrected chi connectivity index (χ1v) is 6.40. The molecule has 1 N–H and O–H groups in total. The highest BCUT2D eigenvalue weighted by Crippen LogP contribution is 2.21. The lowest BCUT2D eigenvalue weighted by molar-refractivity contribution is 0.102. The number of hydrogen-bond donors (Lipinski definition) is 1. The Hall–Kier alpha value is -1.82. The lowest BCUT2D eigenvalue weighted by Gasteiger charge is -2.08. The van der Waals surface area contributed by atoms with Crippen molar-refractivity contribution in [2.24, 2.45) is 0 Å². The van der Waals surface area contributed by atoms with Crippen LogP contribution < -0.4 is 5.32 Å². The van der Waals surface area contributed by atoms with Gasteiger partial charge in [-0.1, -0.05) is 15.9 Å². The van der Waals surface area contributed by atoms with Gasteiger partial charge in [0, 0.05) is 15.7 Å². The van der Waals surface area contributed by atoms with Gasteiger partial charge in [-0.05, 0) is 42.8 Å². The lowest BCUT2D eigenvalue weighted by Crippen LogP contribution is -2.13. The van der Waals surface area contributed by atoms with Crippen LogP contribution in [0.15, 0.2) is 34.8 Å². The van der Waals surface area contributed by atoms with E-state index < -0.39 is 23.4 Å². The molecule has 0 fully saturated rings. The van der Waals surface area contributed by atoms with Gasteiger partial charge in [-0.15, -0.1) is 0 Å². The number of anilines is 1. The number of nitrogens with one attached hydrogen (secondary N) is 1. The van der Waals surface area contributed by atoms with E-state index in [9.17, 15) is 18.0 Å². The van der Waals surface area contributed by atoms with Crippen molar-refractivity contribution in [1.82, 2.24) is 0 Å². The van der Waals surface area contributed by atoms with Crippen LogP contribution in [0.1, 0.15) is 15.9 Å². The Labute approximate surface area is 121 Å². The highest BCUT2D eigenvalue weighted by Gasteiger charge is 2.15. The maximum absolute atomic E-state index is 13.1. The van der Waals surface area contributed by atoms with E-state index in [4.69, 9.17) is 0 Å². The van der Waals surface area contributed by atoms with Crippen molar-refractivity contribution < 1.29 is 18.0 Å². The Kier molecular flexibility index (Phi) is 4.13. The molecular formula is C14H9BrF3NO. The van der Waals surface area contributed by atoms with Gasteiger partial charge in [0.15, 0.2) is 17.5 Å². The second-order valence-electron chi connectivity index (χ2n) is 4.17. The van der Waals surface area contributed by atoms with Crippen molar-refractivity contribution in [3.63, 3.8) is 0 Å². The molecule has 0 aliphatic carbocycles. The number of carbonyl (C=O) groups is 1. The predicted molar refractivity (Wildman–Crippen MR) is 73.1 cm³/mol. The minimum atomic E-state index is -1.60. The van der Waals surface area contributed by atoms with Crippen LogP contribution in [0.2, 0.25) is 0 Å². The van der Waals surface area contributed by atoms with Gasteiger partial charge in [0.2, 0.25) is 0 Å². The third kappa shape index (κ3) is 3.01. The quantitative estimate of drug-likeness (QED) is 0.803. The summed E-state index contributed by atoms with van der Waals surface area (Å²) in [5.41, 5.74) is 1.07. The second kappa shape index (κ2) is 5.66. The number of carbonyl (C=O) groups excluding carboxylic acids is 1. The number of benzene rings is 2. The van der Waals surface area contributed by atoms with Crippen LogP contribution in [0, 0.1) is 24.4 Å². The van der Waals surface area contributed by atoms with Gasteiger partial charge in [0.1, 0.15) is 0 Å². The molecule has 0 atom stereocenters. The van der Waals surface area contributed by atoms with Crippen molar-refractivity contribution in [2.45, 2.75) is 6.92 Å². The minimum Gasteiger partial charge on any atom is -0.322 e. The topological polar surface area (TPSA) is 29.1 Å². The highest BCUT2D eigenvalue weighted by molar-refractivity contribution is 9.10. The number of halogens is 4. The second-order valence-corrected chi connectivity index (χ2v) is 5.03. The zero-order valence-corrected chi connectivity index (χ0v) is 11.9. The third-order valence-corrected chi connectivity index (χ3v) is 3.55. The summed E-state index contributed by atoms with van der Waals surface area (Å²) < 4.78 is 39.8. The van der Waals surface area contributed by atoms with E-state index >= 15 is 0 Å². The summed E-state index contributed by atoms with van der Waals surface area (Å²) in [7, 11) is 0. The summed E-state index contributed by atoms with van der Waals surface area (Å²) in [6, 6.07) is 6.36. The standard InChI is InChI=1S/C14H9BrF3NO/c1-7-4-9(2-3-10(7)15)19-14(20)8-5-11(16)13(18)12(17)6-8/h2-6H,1H3,(H,19,20). The van der Waals surface area contributed by atoms with E-state index in [-0.39, 0.29) is 5.56 Å². The summed E-state index contributed by atoms with van der Waals surface area (Å²) in [5, 5.41) is 2.48. The largest absolute Gasteiger partial charge is 0.322 e. The molecule has 1 amide bonds. The van der Waals surface area contributed by atoms with Crippen molar-refractivity contribution in [3.8, 4) is 0 Å². The number of amides is 1. The molecule has 104 valence electrons. The molecule has 0 saturated carbocycles. The van der Waals surface area contributed by atoms with E-state index in [1.54, 1.807) is 18.2 Å². The predicted octanol–water partition coefficient (Wildman–Crippen LogP) is 4.43. The monoisotopic (exact) mass is 343 g/mol. The molecule has 2 aromatic carbocycles. The summed E-state index contributed by atoms with van der Waals surface area (Å²) in [4.78, 5) is 11.8. The fourth-order valence-electron chi connectivity index (χ4n) is 1.61. The highest BCUT2D eigenvalue weighted by atomic mass is 79.9. The molecule has 2 aromatic rings. The Morgan fingerprint density at radius 1 is 1.10 bits per heavy atom. The zero-order chi connectivity index (χ0) is 14.9. The van der Waals surface area contributed by atoms with Crippen LogP contribution in [0.3, 0.4) is 0 Å². The summed E-state index contributed by atoms with van der Waals surface area (Å²) in [6.45, 7) is 1.83. The normalized spacial score (nSPS) is 10.4. The smallest absolute Gasteiger partial charge is 0.255 e. The minimum absolute atomic E-state index is 0.290. The van der Waals surface area contributed by atoms with Crippen LogP contribution in [0.5, 0.6) is 0 Å². The fourth-order valence-corrected chi connectivity index (χ4v) is 1.86. The van der Waals surface area contributed by atoms with Crippen LogP contribution in [-0.2, 0) is 0 Å². The first-order valence-electron chi connectivity index (χ1n) is 5.60. The van der Waals surface area contributed by atoms with Gasteiger partial charge < -0.3 is 5.32 Å². The maximum Gasteiger partial charge on any atom is 0.255 e. The molecule has 0 aliphatic heterocycles. The van der Waals surface area contributed by atoms with Gasteiger partial charge in [-0.3, -0.25) is 4.79 Å². The van der Waals surface area contributed by atoms with Crippen molar-refractivity contribution in [3.05, 3.63) is 63.4 Å². The third-order valence-electron chi connectivity index (χ3n) is 2.66. The van der Waals surface area contributed by atoms with Gasteiger partial charge in [-0.2, -0.15) is 0 Å². The average Bonchev–Trinajstić information content (AvgIpc) is 2.39. The van der Waals surface area contributed by atoms with Gasteiger partial charge in [0.05, 0.1) is 0 Å². The molecule has 0 saturated heterocycles. The molecule has 0 spiro atoms. The van der Waals surface area contributed by atoms with Crippen molar-refractivity contribution in [2.75, 3.05) is 5.32 Å². The number of aryl methyl sites for hydroxylation is 1.